The van der Waals surface area contributed by atoms with E-state index >= 15 is 0 Å². The summed E-state index contributed by atoms with van der Waals surface area (Å²) in [6, 6.07) is 3.02. The van der Waals surface area contributed by atoms with Gasteiger partial charge in [0.05, 0.1) is 16.6 Å². The van der Waals surface area contributed by atoms with Crippen molar-refractivity contribution in [2.45, 2.75) is 6.18 Å². The predicted octanol–water partition coefficient (Wildman–Crippen LogP) is 2.65. The Balaban J connectivity index is 2.81. The highest BCUT2D eigenvalue weighted by Gasteiger charge is 2.31. The van der Waals surface area contributed by atoms with E-state index in [0.29, 0.717) is 12.1 Å². The molecule has 1 aromatic carbocycles. The maximum atomic E-state index is 12.6. The van der Waals surface area contributed by atoms with E-state index in [-0.39, 0.29) is 10.9 Å². The number of nitrogens with zero attached hydrogens (tertiary/aromatic N) is 1. The summed E-state index contributed by atoms with van der Waals surface area (Å²) in [6.07, 6.45) is -4.63. The van der Waals surface area contributed by atoms with Gasteiger partial charge in [0.1, 0.15) is 5.69 Å². The van der Waals surface area contributed by atoms with Crippen molar-refractivity contribution in [2.75, 3.05) is 0 Å². The van der Waals surface area contributed by atoms with Gasteiger partial charge in [-0.05, 0) is 24.3 Å². The fourth-order valence-electron chi connectivity index (χ4n) is 1.69. The van der Waals surface area contributed by atoms with Crippen molar-refractivity contribution in [3.8, 4) is 0 Å². The van der Waals surface area contributed by atoms with Crippen molar-refractivity contribution in [2.24, 2.45) is 0 Å². The van der Waals surface area contributed by atoms with Crippen LogP contribution in [0.3, 0.4) is 0 Å². The lowest BCUT2D eigenvalue weighted by Gasteiger charge is -2.09. The summed E-state index contributed by atoms with van der Waals surface area (Å²) >= 11 is 0. The molecule has 0 aliphatic carbocycles. The molecule has 2 N–H and O–H groups in total. The van der Waals surface area contributed by atoms with Crippen LogP contribution in [0.25, 0.3) is 10.9 Å². The Morgan fingerprint density at radius 1 is 1.05 bits per heavy atom. The third-order valence-electron chi connectivity index (χ3n) is 2.59. The fourth-order valence-corrected chi connectivity index (χ4v) is 1.69. The number of carboxylic acids is 2. The number of alkyl halides is 3. The van der Waals surface area contributed by atoms with E-state index in [1.165, 1.54) is 0 Å². The minimum atomic E-state index is -4.63. The van der Waals surface area contributed by atoms with Gasteiger partial charge in [0, 0.05) is 5.39 Å². The van der Waals surface area contributed by atoms with Crippen molar-refractivity contribution in [1.82, 2.24) is 4.98 Å². The zero-order valence-electron chi connectivity index (χ0n) is 9.60. The molecule has 0 saturated heterocycles. The smallest absolute Gasteiger partial charge is 0.416 e. The molecule has 0 fully saturated rings. The van der Waals surface area contributed by atoms with Crippen LogP contribution < -0.4 is 0 Å². The summed E-state index contributed by atoms with van der Waals surface area (Å²) in [5, 5.41) is 17.5. The van der Waals surface area contributed by atoms with Gasteiger partial charge >= 0.3 is 18.1 Å². The number of aromatic nitrogens is 1. The average molecular weight is 285 g/mol. The Morgan fingerprint density at radius 3 is 2.20 bits per heavy atom. The molecule has 20 heavy (non-hydrogen) atoms. The Bertz CT molecular complexity index is 724. The van der Waals surface area contributed by atoms with Gasteiger partial charge < -0.3 is 10.2 Å². The molecule has 0 atom stereocenters. The van der Waals surface area contributed by atoms with Crippen LogP contribution in [-0.2, 0) is 6.18 Å². The minimum Gasteiger partial charge on any atom is -0.478 e. The minimum absolute atomic E-state index is 0.129. The summed E-state index contributed by atoms with van der Waals surface area (Å²) in [6.45, 7) is 0. The van der Waals surface area contributed by atoms with Crippen molar-refractivity contribution in [1.29, 1.82) is 0 Å². The fraction of sp³-hybridized carbons (Fsp3) is 0.0833. The maximum absolute atomic E-state index is 12.6. The zero-order valence-corrected chi connectivity index (χ0v) is 9.60. The van der Waals surface area contributed by atoms with Gasteiger partial charge in [-0.25, -0.2) is 14.6 Å². The van der Waals surface area contributed by atoms with Crippen LogP contribution in [-0.4, -0.2) is 27.1 Å². The predicted molar refractivity (Wildman–Crippen MR) is 60.7 cm³/mol. The summed E-state index contributed by atoms with van der Waals surface area (Å²) in [4.78, 5) is 25.5. The first-order chi connectivity index (χ1) is 9.20. The van der Waals surface area contributed by atoms with E-state index in [0.717, 1.165) is 12.1 Å². The molecule has 0 spiro atoms. The van der Waals surface area contributed by atoms with Gasteiger partial charge in [0.2, 0.25) is 0 Å². The number of fused-ring (bicyclic) bond motifs is 1. The number of rotatable bonds is 2. The molecule has 0 radical (unpaired) electrons. The lowest BCUT2D eigenvalue weighted by Crippen LogP contribution is -2.09. The van der Waals surface area contributed by atoms with Crippen LogP contribution in [0, 0.1) is 0 Å². The third-order valence-corrected chi connectivity index (χ3v) is 2.59. The first-order valence-electron chi connectivity index (χ1n) is 5.19. The molecule has 104 valence electrons. The molecule has 2 rings (SSSR count). The Labute approximate surface area is 109 Å². The topological polar surface area (TPSA) is 87.5 Å². The van der Waals surface area contributed by atoms with E-state index < -0.39 is 34.9 Å². The molecular weight excluding hydrogens is 279 g/mol. The largest absolute Gasteiger partial charge is 0.478 e. The highest BCUT2D eigenvalue weighted by Crippen LogP contribution is 2.32. The van der Waals surface area contributed by atoms with E-state index in [2.05, 4.69) is 4.98 Å². The molecule has 1 heterocycles. The summed E-state index contributed by atoms with van der Waals surface area (Å²) in [5.41, 5.74) is -2.25. The highest BCUT2D eigenvalue weighted by molar-refractivity contribution is 6.05. The highest BCUT2D eigenvalue weighted by atomic mass is 19.4. The maximum Gasteiger partial charge on any atom is 0.416 e. The number of benzene rings is 1. The number of halogens is 3. The second-order valence-corrected chi connectivity index (χ2v) is 3.90. The Kier molecular flexibility index (Phi) is 3.09. The third kappa shape index (κ3) is 2.40. The molecule has 1 aromatic heterocycles. The molecule has 5 nitrogen and oxygen atoms in total. The molecule has 0 amide bonds. The second-order valence-electron chi connectivity index (χ2n) is 3.90. The molecule has 0 aliphatic rings. The SMILES string of the molecule is O=C(O)c1cc(C(=O)O)c2cc(C(F)(F)F)ccc2n1. The molecule has 0 aliphatic heterocycles. The Morgan fingerprint density at radius 2 is 1.70 bits per heavy atom. The van der Waals surface area contributed by atoms with Gasteiger partial charge in [-0.1, -0.05) is 0 Å². The van der Waals surface area contributed by atoms with Crippen molar-refractivity contribution >= 4 is 22.8 Å². The van der Waals surface area contributed by atoms with E-state index in [1.807, 2.05) is 0 Å². The standard InChI is InChI=1S/C12H6F3NO4/c13-12(14,15)5-1-2-8-6(3-5)7(10(17)18)4-9(16-8)11(19)20/h1-4H,(H,17,18)(H,19,20). The van der Waals surface area contributed by atoms with Crippen LogP contribution in [0.1, 0.15) is 26.4 Å². The van der Waals surface area contributed by atoms with E-state index in [4.69, 9.17) is 10.2 Å². The quantitative estimate of drug-likeness (QED) is 0.885. The van der Waals surface area contributed by atoms with Gasteiger partial charge in [-0.3, -0.25) is 0 Å². The number of aromatic carboxylic acids is 2. The number of hydrogen-bond acceptors (Lipinski definition) is 3. The molecule has 0 unspecified atom stereocenters. The number of carboxylic acid groups (broad SMARTS) is 2. The van der Waals surface area contributed by atoms with E-state index in [1.54, 1.807) is 0 Å². The van der Waals surface area contributed by atoms with Crippen LogP contribution in [0.2, 0.25) is 0 Å². The van der Waals surface area contributed by atoms with Crippen molar-refractivity contribution in [3.63, 3.8) is 0 Å². The number of pyridine rings is 1. The normalized spacial score (nSPS) is 11.6. The average Bonchev–Trinajstić information content (AvgIpc) is 2.35. The van der Waals surface area contributed by atoms with Crippen LogP contribution >= 0.6 is 0 Å². The van der Waals surface area contributed by atoms with Crippen LogP contribution in [0.5, 0.6) is 0 Å². The zero-order chi connectivity index (χ0) is 15.1. The summed E-state index contributed by atoms with van der Waals surface area (Å²) < 4.78 is 37.8. The second kappa shape index (κ2) is 4.48. The number of carbonyl (C=O) groups is 2. The molecule has 0 saturated carbocycles. The van der Waals surface area contributed by atoms with Crippen molar-refractivity contribution in [3.05, 3.63) is 41.1 Å². The van der Waals surface area contributed by atoms with Gasteiger partial charge in [0.25, 0.3) is 0 Å². The lowest BCUT2D eigenvalue weighted by molar-refractivity contribution is -0.137. The molecule has 8 heteroatoms. The van der Waals surface area contributed by atoms with Crippen LogP contribution in [0.4, 0.5) is 13.2 Å². The van der Waals surface area contributed by atoms with Gasteiger partial charge in [-0.15, -0.1) is 0 Å². The first kappa shape index (κ1) is 13.8. The van der Waals surface area contributed by atoms with Crippen molar-refractivity contribution < 1.29 is 33.0 Å². The lowest BCUT2D eigenvalue weighted by atomic mass is 10.0. The Hall–Kier alpha value is -2.64. The van der Waals surface area contributed by atoms with Crippen LogP contribution in [0.15, 0.2) is 24.3 Å². The molecule has 0 bridgehead atoms. The summed E-state index contributed by atoms with van der Waals surface area (Å²) in [7, 11) is 0. The molecule has 2 aromatic rings. The van der Waals surface area contributed by atoms with E-state index in [9.17, 15) is 22.8 Å². The number of hydrogen-bond donors (Lipinski definition) is 2. The first-order valence-corrected chi connectivity index (χ1v) is 5.19. The van der Waals surface area contributed by atoms with Gasteiger partial charge in [0.15, 0.2) is 0 Å². The van der Waals surface area contributed by atoms with Gasteiger partial charge in [-0.2, -0.15) is 13.2 Å². The summed E-state index contributed by atoms with van der Waals surface area (Å²) in [5.74, 6) is -2.99. The monoisotopic (exact) mass is 285 g/mol. The molecular formula is C12H6F3NO4.